The van der Waals surface area contributed by atoms with E-state index >= 15 is 0 Å². The molecule has 0 aromatic heterocycles. The summed E-state index contributed by atoms with van der Waals surface area (Å²) in [7, 11) is -0.716. The first kappa shape index (κ1) is 29.8. The van der Waals surface area contributed by atoms with Crippen LogP contribution in [0.25, 0.3) is 32.7 Å². The molecule has 8 rings (SSSR count). The van der Waals surface area contributed by atoms with Crippen molar-refractivity contribution in [3.8, 4) is 11.1 Å². The van der Waals surface area contributed by atoms with Gasteiger partial charge in [0.15, 0.2) is 0 Å². The number of rotatable bonds is 7. The Balaban J connectivity index is 1.36. The van der Waals surface area contributed by atoms with Crippen LogP contribution in [0.3, 0.4) is 0 Å². The van der Waals surface area contributed by atoms with Crippen LogP contribution in [0.15, 0.2) is 158 Å². The monoisotopic (exact) mass is 625 g/mol. The third kappa shape index (κ3) is 5.29. The molecular weight excluding hydrogens is 585 g/mol. The van der Waals surface area contributed by atoms with Gasteiger partial charge in [0.1, 0.15) is 0 Å². The Labute approximate surface area is 280 Å². The van der Waals surface area contributed by atoms with Gasteiger partial charge in [-0.05, 0) is 86.0 Å². The van der Waals surface area contributed by atoms with E-state index in [2.05, 4.69) is 176 Å². The molecule has 7 aromatic rings. The first-order valence-corrected chi connectivity index (χ1v) is 18.4. The molecule has 1 nitrogen and oxygen atoms in total. The van der Waals surface area contributed by atoms with Gasteiger partial charge in [-0.15, -0.1) is 0 Å². The van der Waals surface area contributed by atoms with Gasteiger partial charge in [0, 0.05) is 18.6 Å². The highest BCUT2D eigenvalue weighted by molar-refractivity contribution is 7.79. The normalized spacial score (nSPS) is 16.2. The average Bonchev–Trinajstić information content (AvgIpc) is 3.25. The Hall–Kier alpha value is -4.55. The van der Waals surface area contributed by atoms with Crippen LogP contribution < -0.4 is 15.9 Å². The van der Waals surface area contributed by atoms with Crippen molar-refractivity contribution in [1.29, 1.82) is 0 Å². The lowest BCUT2D eigenvalue weighted by Crippen LogP contribution is -2.34. The van der Waals surface area contributed by atoms with Crippen LogP contribution in [0.1, 0.15) is 55.5 Å². The van der Waals surface area contributed by atoms with E-state index in [0.29, 0.717) is 0 Å². The minimum absolute atomic E-state index is 0.276. The van der Waals surface area contributed by atoms with Crippen LogP contribution in [-0.4, -0.2) is 4.90 Å². The first-order chi connectivity index (χ1) is 23.3. The molecule has 0 amide bonds. The number of fused-ring (bicyclic) bond motifs is 7. The summed E-state index contributed by atoms with van der Waals surface area (Å²) in [5.74, 6) is 0. The largest absolute Gasteiger partial charge is 0.285 e. The second kappa shape index (κ2) is 12.9. The molecule has 1 aliphatic rings. The molecule has 1 aliphatic heterocycles. The Morgan fingerprint density at radius 3 is 1.43 bits per heavy atom. The fourth-order valence-electron chi connectivity index (χ4n) is 8.03. The first-order valence-electron chi connectivity index (χ1n) is 17.0. The molecule has 230 valence electrons. The van der Waals surface area contributed by atoms with Crippen molar-refractivity contribution in [2.24, 2.45) is 0 Å². The maximum absolute atomic E-state index is 2.84. The van der Waals surface area contributed by atoms with E-state index < -0.39 is 7.92 Å². The Kier molecular flexibility index (Phi) is 8.20. The molecule has 0 radical (unpaired) electrons. The maximum atomic E-state index is 2.84. The van der Waals surface area contributed by atoms with E-state index in [4.69, 9.17) is 0 Å². The molecule has 0 saturated carbocycles. The molecule has 7 aromatic carbocycles. The Bertz CT molecular complexity index is 2040. The van der Waals surface area contributed by atoms with Gasteiger partial charge in [0.2, 0.25) is 0 Å². The van der Waals surface area contributed by atoms with Crippen LogP contribution in [0, 0.1) is 0 Å². The molecule has 0 saturated heterocycles. The highest BCUT2D eigenvalue weighted by atomic mass is 31.1. The fourth-order valence-corrected chi connectivity index (χ4v) is 10.5. The fraction of sp³-hybridized carbons (Fsp3) is 0.156. The van der Waals surface area contributed by atoms with Gasteiger partial charge in [-0.3, -0.25) is 4.90 Å². The van der Waals surface area contributed by atoms with Crippen molar-refractivity contribution in [2.75, 3.05) is 0 Å². The quantitative estimate of drug-likeness (QED) is 0.159. The SMILES string of the molecule is CC[C@H]1c2ccc3ccccc3c2-c2c(ccc3ccccc23)[C@H](CC)N1Cc1ccccc1P(c1ccccc1)c1ccccc1. The van der Waals surface area contributed by atoms with Crippen molar-refractivity contribution in [3.05, 3.63) is 174 Å². The highest BCUT2D eigenvalue weighted by Gasteiger charge is 2.36. The Morgan fingerprint density at radius 1 is 0.468 bits per heavy atom. The highest BCUT2D eigenvalue weighted by Crippen LogP contribution is 2.51. The van der Waals surface area contributed by atoms with Crippen molar-refractivity contribution in [1.82, 2.24) is 4.90 Å². The minimum Gasteiger partial charge on any atom is -0.285 e. The van der Waals surface area contributed by atoms with Crippen LogP contribution in [0.2, 0.25) is 0 Å². The van der Waals surface area contributed by atoms with Crippen LogP contribution in [0.4, 0.5) is 0 Å². The summed E-state index contributed by atoms with van der Waals surface area (Å²) in [6.45, 7) is 5.65. The molecule has 0 fully saturated rings. The van der Waals surface area contributed by atoms with Gasteiger partial charge in [-0.25, -0.2) is 0 Å². The van der Waals surface area contributed by atoms with E-state index in [-0.39, 0.29) is 12.1 Å². The molecule has 1 heterocycles. The van der Waals surface area contributed by atoms with E-state index in [0.717, 1.165) is 19.4 Å². The number of hydrogen-bond acceptors (Lipinski definition) is 1. The second-order valence-electron chi connectivity index (χ2n) is 12.7. The maximum Gasteiger partial charge on any atom is 0.0361 e. The van der Waals surface area contributed by atoms with E-state index in [1.54, 1.807) is 0 Å². The smallest absolute Gasteiger partial charge is 0.0361 e. The zero-order chi connectivity index (χ0) is 31.7. The third-order valence-corrected chi connectivity index (χ3v) is 12.6. The van der Waals surface area contributed by atoms with Crippen LogP contribution in [-0.2, 0) is 6.54 Å². The lowest BCUT2D eigenvalue weighted by Gasteiger charge is -2.38. The summed E-state index contributed by atoms with van der Waals surface area (Å²) in [6.07, 6.45) is 2.09. The topological polar surface area (TPSA) is 3.24 Å². The molecule has 2 heteroatoms. The van der Waals surface area contributed by atoms with Crippen molar-refractivity contribution in [3.63, 3.8) is 0 Å². The van der Waals surface area contributed by atoms with Gasteiger partial charge in [-0.1, -0.05) is 172 Å². The Morgan fingerprint density at radius 2 is 0.915 bits per heavy atom. The molecule has 0 aliphatic carbocycles. The summed E-state index contributed by atoms with van der Waals surface area (Å²) < 4.78 is 0. The summed E-state index contributed by atoms with van der Waals surface area (Å²) in [5.41, 5.74) is 7.17. The minimum atomic E-state index is -0.716. The summed E-state index contributed by atoms with van der Waals surface area (Å²) >= 11 is 0. The lowest BCUT2D eigenvalue weighted by molar-refractivity contribution is 0.119. The van der Waals surface area contributed by atoms with Gasteiger partial charge in [0.25, 0.3) is 0 Å². The molecule has 2 atom stereocenters. The molecule has 0 N–H and O–H groups in total. The third-order valence-electron chi connectivity index (χ3n) is 10.1. The van der Waals surface area contributed by atoms with Gasteiger partial charge in [0.05, 0.1) is 0 Å². The van der Waals surface area contributed by atoms with Gasteiger partial charge < -0.3 is 0 Å². The lowest BCUT2D eigenvalue weighted by atomic mass is 9.85. The molecule has 0 unspecified atom stereocenters. The van der Waals surface area contributed by atoms with Gasteiger partial charge in [-0.2, -0.15) is 0 Å². The predicted octanol–water partition coefficient (Wildman–Crippen LogP) is 10.8. The van der Waals surface area contributed by atoms with Crippen LogP contribution in [0.5, 0.6) is 0 Å². The zero-order valence-corrected chi connectivity index (χ0v) is 28.1. The zero-order valence-electron chi connectivity index (χ0n) is 27.2. The second-order valence-corrected chi connectivity index (χ2v) is 14.8. The summed E-state index contributed by atoms with van der Waals surface area (Å²) in [6, 6.07) is 59.6. The van der Waals surface area contributed by atoms with E-state index in [9.17, 15) is 0 Å². The number of nitrogens with zero attached hydrogens (tertiary/aromatic N) is 1. The molecule has 0 bridgehead atoms. The van der Waals surface area contributed by atoms with E-state index in [1.165, 1.54) is 65.3 Å². The summed E-state index contributed by atoms with van der Waals surface area (Å²) in [4.78, 5) is 2.84. The van der Waals surface area contributed by atoms with Crippen molar-refractivity contribution < 1.29 is 0 Å². The van der Waals surface area contributed by atoms with Gasteiger partial charge >= 0.3 is 0 Å². The average molecular weight is 626 g/mol. The van der Waals surface area contributed by atoms with Crippen molar-refractivity contribution >= 4 is 45.4 Å². The number of hydrogen-bond donors (Lipinski definition) is 0. The molecular formula is C45H40NP. The van der Waals surface area contributed by atoms with Crippen LogP contribution >= 0.6 is 7.92 Å². The van der Waals surface area contributed by atoms with E-state index in [1.807, 2.05) is 0 Å². The standard InChI is InChI=1S/C45H40NP/c1-3-41-39-29-27-32-17-11-14-24-37(32)44(39)45-38-25-15-12-18-33(38)28-30-40(45)42(4-2)46(41)31-34-19-13-16-26-43(34)47(35-20-7-5-8-21-35)36-22-9-6-10-23-36/h5-30,41-42H,3-4,31H2,1-2H3/t41-,42-/m0/s1. The predicted molar refractivity (Wildman–Crippen MR) is 204 cm³/mol. The number of benzene rings is 7. The molecule has 47 heavy (non-hydrogen) atoms. The molecule has 0 spiro atoms. The summed E-state index contributed by atoms with van der Waals surface area (Å²) in [5, 5.41) is 9.57. The van der Waals surface area contributed by atoms with Crippen molar-refractivity contribution in [2.45, 2.75) is 45.3 Å².